The Morgan fingerprint density at radius 2 is 2.33 bits per heavy atom. The minimum absolute atomic E-state index is 0.230. The summed E-state index contributed by atoms with van der Waals surface area (Å²) in [6.45, 7) is 3.98. The van der Waals surface area contributed by atoms with Gasteiger partial charge in [-0.25, -0.2) is 0 Å². The molecule has 0 aromatic carbocycles. The second-order valence-corrected chi connectivity index (χ2v) is 3.53. The number of aromatic nitrogens is 3. The van der Waals surface area contributed by atoms with Gasteiger partial charge in [0, 0.05) is 12.1 Å². The van der Waals surface area contributed by atoms with Crippen molar-refractivity contribution in [2.45, 2.75) is 19.8 Å². The molecule has 0 aliphatic carbocycles. The molecular formula is C10H10N4O. The van der Waals surface area contributed by atoms with Crippen molar-refractivity contribution in [2.75, 3.05) is 0 Å². The number of nitrogens with zero attached hydrogens (tertiary/aromatic N) is 3. The first-order chi connectivity index (χ1) is 7.20. The summed E-state index contributed by atoms with van der Waals surface area (Å²) in [7, 11) is 0. The third kappa shape index (κ3) is 1.74. The fraction of sp³-hybridized carbons (Fsp3) is 0.300. The molecule has 0 spiro atoms. The summed E-state index contributed by atoms with van der Waals surface area (Å²) in [5.41, 5.74) is 1.22. The first-order valence-electron chi connectivity index (χ1n) is 4.63. The van der Waals surface area contributed by atoms with E-state index in [1.807, 2.05) is 19.9 Å². The van der Waals surface area contributed by atoms with E-state index in [9.17, 15) is 0 Å². The zero-order valence-electron chi connectivity index (χ0n) is 8.48. The van der Waals surface area contributed by atoms with E-state index in [4.69, 9.17) is 9.78 Å². The van der Waals surface area contributed by atoms with Gasteiger partial charge in [0.15, 0.2) is 5.82 Å². The highest BCUT2D eigenvalue weighted by molar-refractivity contribution is 5.51. The minimum atomic E-state index is 0.230. The second kappa shape index (κ2) is 3.58. The molecule has 0 bridgehead atoms. The SMILES string of the molecule is CC(C)c1noc(-c2cc(C#N)c[nH]2)n1. The molecule has 1 N–H and O–H groups in total. The lowest BCUT2D eigenvalue weighted by molar-refractivity contribution is 0.418. The van der Waals surface area contributed by atoms with E-state index in [1.165, 1.54) is 0 Å². The van der Waals surface area contributed by atoms with Crippen molar-refractivity contribution in [3.63, 3.8) is 0 Å². The average Bonchev–Trinajstić information content (AvgIpc) is 2.86. The molecule has 0 radical (unpaired) electrons. The van der Waals surface area contributed by atoms with Gasteiger partial charge in [0.25, 0.3) is 5.89 Å². The van der Waals surface area contributed by atoms with Gasteiger partial charge in [0.2, 0.25) is 0 Å². The predicted molar refractivity (Wildman–Crippen MR) is 52.9 cm³/mol. The van der Waals surface area contributed by atoms with Gasteiger partial charge in [-0.05, 0) is 6.07 Å². The maximum absolute atomic E-state index is 8.65. The predicted octanol–water partition coefficient (Wildman–Crippen LogP) is 2.06. The van der Waals surface area contributed by atoms with E-state index in [0.29, 0.717) is 23.0 Å². The van der Waals surface area contributed by atoms with E-state index in [2.05, 4.69) is 15.1 Å². The number of nitriles is 1. The molecule has 2 heterocycles. The second-order valence-electron chi connectivity index (χ2n) is 3.53. The number of rotatable bonds is 2. The molecule has 2 aromatic heterocycles. The molecule has 0 fully saturated rings. The molecule has 76 valence electrons. The van der Waals surface area contributed by atoms with Crippen LogP contribution in [0.25, 0.3) is 11.6 Å². The van der Waals surface area contributed by atoms with Crippen molar-refractivity contribution in [3.05, 3.63) is 23.7 Å². The van der Waals surface area contributed by atoms with E-state index in [1.54, 1.807) is 12.3 Å². The third-order valence-corrected chi connectivity index (χ3v) is 2.00. The Bertz CT molecular complexity index is 503. The largest absolute Gasteiger partial charge is 0.356 e. The molecule has 5 nitrogen and oxygen atoms in total. The lowest BCUT2D eigenvalue weighted by Crippen LogP contribution is -1.89. The van der Waals surface area contributed by atoms with Crippen LogP contribution in [-0.2, 0) is 0 Å². The maximum atomic E-state index is 8.65. The van der Waals surface area contributed by atoms with Crippen molar-refractivity contribution >= 4 is 0 Å². The van der Waals surface area contributed by atoms with E-state index >= 15 is 0 Å². The molecule has 0 atom stereocenters. The number of hydrogen-bond acceptors (Lipinski definition) is 4. The van der Waals surface area contributed by atoms with Gasteiger partial charge in [-0.1, -0.05) is 19.0 Å². The van der Waals surface area contributed by atoms with Gasteiger partial charge in [0.1, 0.15) is 11.8 Å². The maximum Gasteiger partial charge on any atom is 0.274 e. The Balaban J connectivity index is 2.34. The highest BCUT2D eigenvalue weighted by Crippen LogP contribution is 2.19. The summed E-state index contributed by atoms with van der Waals surface area (Å²) in [6, 6.07) is 3.70. The normalized spacial score (nSPS) is 10.5. The molecule has 0 amide bonds. The summed E-state index contributed by atoms with van der Waals surface area (Å²) in [6.07, 6.45) is 1.61. The van der Waals surface area contributed by atoms with E-state index in [-0.39, 0.29) is 5.92 Å². The molecule has 0 aliphatic heterocycles. The fourth-order valence-corrected chi connectivity index (χ4v) is 1.16. The zero-order chi connectivity index (χ0) is 10.8. The minimum Gasteiger partial charge on any atom is -0.356 e. The van der Waals surface area contributed by atoms with Crippen LogP contribution in [0.1, 0.15) is 31.2 Å². The van der Waals surface area contributed by atoms with Crippen LogP contribution in [0.5, 0.6) is 0 Å². The first kappa shape index (κ1) is 9.46. The molecular weight excluding hydrogens is 192 g/mol. The van der Waals surface area contributed by atoms with Crippen LogP contribution in [0.15, 0.2) is 16.8 Å². The standard InChI is InChI=1S/C10H10N4O/c1-6(2)9-13-10(15-14-9)8-3-7(4-11)5-12-8/h3,5-6,12H,1-2H3. The summed E-state index contributed by atoms with van der Waals surface area (Å²) in [5, 5.41) is 12.5. The van der Waals surface area contributed by atoms with Crippen LogP contribution >= 0.6 is 0 Å². The van der Waals surface area contributed by atoms with Crippen LogP contribution in [-0.4, -0.2) is 15.1 Å². The van der Waals surface area contributed by atoms with Crippen molar-refractivity contribution in [1.82, 2.24) is 15.1 Å². The Labute approximate surface area is 86.7 Å². The highest BCUT2D eigenvalue weighted by Gasteiger charge is 2.12. The number of hydrogen-bond donors (Lipinski definition) is 1. The Kier molecular flexibility index (Phi) is 2.26. The van der Waals surface area contributed by atoms with Gasteiger partial charge in [-0.3, -0.25) is 0 Å². The summed E-state index contributed by atoms with van der Waals surface area (Å²) in [5.74, 6) is 1.31. The molecule has 15 heavy (non-hydrogen) atoms. The van der Waals surface area contributed by atoms with Crippen LogP contribution < -0.4 is 0 Å². The molecule has 0 saturated heterocycles. The molecule has 0 saturated carbocycles. The van der Waals surface area contributed by atoms with Crippen molar-refractivity contribution in [3.8, 4) is 17.7 Å². The monoisotopic (exact) mass is 202 g/mol. The van der Waals surface area contributed by atoms with Crippen LogP contribution in [0.4, 0.5) is 0 Å². The van der Waals surface area contributed by atoms with Crippen molar-refractivity contribution in [1.29, 1.82) is 5.26 Å². The summed E-state index contributed by atoms with van der Waals surface area (Å²) >= 11 is 0. The van der Waals surface area contributed by atoms with Crippen molar-refractivity contribution in [2.24, 2.45) is 0 Å². The molecule has 0 unspecified atom stereocenters. The molecule has 2 aromatic rings. The lowest BCUT2D eigenvalue weighted by atomic mass is 10.2. The van der Waals surface area contributed by atoms with Gasteiger partial charge < -0.3 is 9.51 Å². The zero-order valence-corrected chi connectivity index (χ0v) is 8.48. The lowest BCUT2D eigenvalue weighted by Gasteiger charge is -1.91. The van der Waals surface area contributed by atoms with Gasteiger partial charge in [0.05, 0.1) is 5.56 Å². The number of H-pyrrole nitrogens is 1. The van der Waals surface area contributed by atoms with Gasteiger partial charge >= 0.3 is 0 Å². The highest BCUT2D eigenvalue weighted by atomic mass is 16.5. The Hall–Kier alpha value is -2.09. The average molecular weight is 202 g/mol. The molecule has 5 heteroatoms. The smallest absolute Gasteiger partial charge is 0.274 e. The fourth-order valence-electron chi connectivity index (χ4n) is 1.16. The van der Waals surface area contributed by atoms with Gasteiger partial charge in [-0.15, -0.1) is 0 Å². The van der Waals surface area contributed by atoms with Crippen molar-refractivity contribution < 1.29 is 4.52 Å². The Morgan fingerprint density at radius 1 is 1.53 bits per heavy atom. The summed E-state index contributed by atoms with van der Waals surface area (Å²) in [4.78, 5) is 7.12. The summed E-state index contributed by atoms with van der Waals surface area (Å²) < 4.78 is 5.07. The van der Waals surface area contributed by atoms with E-state index in [0.717, 1.165) is 0 Å². The van der Waals surface area contributed by atoms with Crippen LogP contribution in [0.3, 0.4) is 0 Å². The molecule has 0 aliphatic rings. The topological polar surface area (TPSA) is 78.5 Å². The Morgan fingerprint density at radius 3 is 2.87 bits per heavy atom. The molecule has 2 rings (SSSR count). The number of nitrogens with one attached hydrogen (secondary N) is 1. The van der Waals surface area contributed by atoms with Crippen LogP contribution in [0.2, 0.25) is 0 Å². The third-order valence-electron chi connectivity index (χ3n) is 2.00. The quantitative estimate of drug-likeness (QED) is 0.808. The van der Waals surface area contributed by atoms with Crippen LogP contribution in [0, 0.1) is 11.3 Å². The number of aromatic amines is 1. The van der Waals surface area contributed by atoms with Gasteiger partial charge in [-0.2, -0.15) is 10.2 Å². The van der Waals surface area contributed by atoms with E-state index < -0.39 is 0 Å². The first-order valence-corrected chi connectivity index (χ1v) is 4.63.